The van der Waals surface area contributed by atoms with Gasteiger partial charge in [-0.3, -0.25) is 19.2 Å². The highest BCUT2D eigenvalue weighted by Gasteiger charge is 2.27. The zero-order valence-corrected chi connectivity index (χ0v) is 19.4. The number of ketones is 1. The van der Waals surface area contributed by atoms with Crippen LogP contribution >= 0.6 is 0 Å². The molecule has 1 aromatic heterocycles. The van der Waals surface area contributed by atoms with Gasteiger partial charge in [0.05, 0.1) is 22.3 Å². The number of nitrogens with zero attached hydrogens (tertiary/aromatic N) is 1. The van der Waals surface area contributed by atoms with Gasteiger partial charge in [0.2, 0.25) is 11.8 Å². The van der Waals surface area contributed by atoms with E-state index in [9.17, 15) is 24.0 Å². The molecule has 0 fully saturated rings. The summed E-state index contributed by atoms with van der Waals surface area (Å²) < 4.78 is 0. The predicted molar refractivity (Wildman–Crippen MR) is 135 cm³/mol. The highest BCUT2D eigenvalue weighted by atomic mass is 16.2. The number of aromatic amines is 2. The summed E-state index contributed by atoms with van der Waals surface area (Å²) in [7, 11) is 0. The molecule has 12 heteroatoms. The predicted octanol–water partition coefficient (Wildman–Crippen LogP) is 3.18. The molecule has 0 bridgehead atoms. The molecule has 7 N–H and O–H groups in total. The molecule has 0 spiro atoms. The molecular weight excluding hydrogens is 478 g/mol. The smallest absolute Gasteiger partial charge is 0.323 e. The van der Waals surface area contributed by atoms with E-state index in [1.807, 2.05) is 0 Å². The Bertz CT molecular complexity index is 1620. The van der Waals surface area contributed by atoms with Crippen LogP contribution in [-0.4, -0.2) is 33.5 Å². The Morgan fingerprint density at radius 2 is 1.57 bits per heavy atom. The molecule has 0 saturated heterocycles. The number of hydrogen-bond acceptors (Lipinski definition) is 7. The van der Waals surface area contributed by atoms with E-state index in [0.29, 0.717) is 22.4 Å². The minimum absolute atomic E-state index is 0.0438. The molecule has 0 radical (unpaired) electrons. The number of primary amides is 1. The van der Waals surface area contributed by atoms with Gasteiger partial charge in [0.15, 0.2) is 0 Å². The van der Waals surface area contributed by atoms with Crippen LogP contribution in [0.5, 0.6) is 0 Å². The van der Waals surface area contributed by atoms with Crippen molar-refractivity contribution >= 4 is 51.6 Å². The van der Waals surface area contributed by atoms with E-state index in [-0.39, 0.29) is 22.4 Å². The molecule has 1 heterocycles. The number of imidazole rings is 1. The van der Waals surface area contributed by atoms with Gasteiger partial charge < -0.3 is 26.3 Å². The van der Waals surface area contributed by atoms with Crippen molar-refractivity contribution in [1.82, 2.24) is 9.97 Å². The second kappa shape index (κ2) is 10.1. The highest BCUT2D eigenvalue weighted by Crippen LogP contribution is 2.28. The quantitative estimate of drug-likeness (QED) is 0.159. The third-order valence-corrected chi connectivity index (χ3v) is 5.60. The summed E-state index contributed by atoms with van der Waals surface area (Å²) in [6.45, 7) is 1.25. The lowest BCUT2D eigenvalue weighted by molar-refractivity contribution is -0.126. The van der Waals surface area contributed by atoms with Gasteiger partial charge in [0, 0.05) is 16.9 Å². The van der Waals surface area contributed by atoms with E-state index < -0.39 is 35.1 Å². The normalized spacial score (nSPS) is 11.5. The number of amides is 3. The fourth-order valence-electron chi connectivity index (χ4n) is 3.82. The van der Waals surface area contributed by atoms with Gasteiger partial charge in [-0.2, -0.15) is 5.11 Å². The van der Waals surface area contributed by atoms with Crippen molar-refractivity contribution in [3.05, 3.63) is 87.8 Å². The SMILES string of the molecule is CC(=O)[C@H](C(=O)Nc1ccc2[nH]c(=O)[nH]c2c1)c1ccc(C(=O)Nc2ccc(C(N)=O)cc2)c(N=N)c1. The van der Waals surface area contributed by atoms with Crippen LogP contribution in [0.2, 0.25) is 0 Å². The molecule has 3 aromatic carbocycles. The van der Waals surface area contributed by atoms with Crippen LogP contribution in [0.3, 0.4) is 0 Å². The van der Waals surface area contributed by atoms with E-state index in [4.69, 9.17) is 11.3 Å². The molecular formula is C25H21N7O5. The number of rotatable bonds is 8. The van der Waals surface area contributed by atoms with Gasteiger partial charge in [-0.1, -0.05) is 6.07 Å². The lowest BCUT2D eigenvalue weighted by Crippen LogP contribution is -2.26. The summed E-state index contributed by atoms with van der Waals surface area (Å²) in [5, 5.41) is 8.69. The molecule has 0 aliphatic heterocycles. The van der Waals surface area contributed by atoms with Crippen LogP contribution in [0.4, 0.5) is 17.1 Å². The first-order valence-corrected chi connectivity index (χ1v) is 10.9. The highest BCUT2D eigenvalue weighted by molar-refractivity contribution is 6.12. The molecule has 186 valence electrons. The van der Waals surface area contributed by atoms with Crippen LogP contribution < -0.4 is 22.1 Å². The van der Waals surface area contributed by atoms with Crippen molar-refractivity contribution in [2.45, 2.75) is 12.8 Å². The standard InChI is InChI=1S/C25H21N7O5/c1-12(33)21(24(36)29-16-7-9-18-20(11-16)31-25(37)30-18)14-4-8-17(19(10-14)32-27)23(35)28-15-5-2-13(3-6-15)22(26)34/h2-11,21,27H,1H3,(H2,26,34)(H,28,35)(H,29,36)(H2,30,31,37)/t21-/m0/s1. The molecule has 3 amide bonds. The first-order valence-electron chi connectivity index (χ1n) is 10.9. The molecule has 0 saturated carbocycles. The van der Waals surface area contributed by atoms with E-state index in [2.05, 4.69) is 25.7 Å². The van der Waals surface area contributed by atoms with Crippen LogP contribution in [-0.2, 0) is 9.59 Å². The molecule has 37 heavy (non-hydrogen) atoms. The Hall–Kier alpha value is -5.39. The fourth-order valence-corrected chi connectivity index (χ4v) is 3.82. The Morgan fingerprint density at radius 3 is 2.22 bits per heavy atom. The van der Waals surface area contributed by atoms with Gasteiger partial charge in [-0.25, -0.2) is 10.3 Å². The summed E-state index contributed by atoms with van der Waals surface area (Å²) in [5.74, 6) is -3.52. The second-order valence-corrected chi connectivity index (χ2v) is 8.16. The van der Waals surface area contributed by atoms with Gasteiger partial charge in [-0.05, 0) is 67.1 Å². The number of nitrogens with two attached hydrogens (primary N) is 1. The number of aromatic nitrogens is 2. The largest absolute Gasteiger partial charge is 0.366 e. The maximum atomic E-state index is 13.0. The molecule has 0 aliphatic rings. The lowest BCUT2D eigenvalue weighted by Gasteiger charge is -2.16. The number of carbonyl (C=O) groups is 4. The first kappa shape index (κ1) is 24.7. The van der Waals surface area contributed by atoms with Crippen LogP contribution in [0.1, 0.15) is 39.1 Å². The number of hydrogen-bond donors (Lipinski definition) is 6. The Labute approximate surface area is 208 Å². The fraction of sp³-hybridized carbons (Fsp3) is 0.0800. The number of nitrogens with one attached hydrogen (secondary N) is 5. The summed E-state index contributed by atoms with van der Waals surface area (Å²) in [4.78, 5) is 66.1. The number of carbonyl (C=O) groups excluding carboxylic acids is 4. The van der Waals surface area contributed by atoms with Crippen LogP contribution in [0.25, 0.3) is 11.0 Å². The van der Waals surface area contributed by atoms with E-state index in [0.717, 1.165) is 0 Å². The number of benzene rings is 3. The summed E-state index contributed by atoms with van der Waals surface area (Å²) in [6.07, 6.45) is 0. The summed E-state index contributed by atoms with van der Waals surface area (Å²) in [6, 6.07) is 14.8. The zero-order chi connectivity index (χ0) is 26.7. The third-order valence-electron chi connectivity index (χ3n) is 5.60. The summed E-state index contributed by atoms with van der Waals surface area (Å²) in [5.41, 5.74) is 14.7. The topological polar surface area (TPSA) is 203 Å². The van der Waals surface area contributed by atoms with Gasteiger partial charge in [-0.15, -0.1) is 0 Å². The Kier molecular flexibility index (Phi) is 6.73. The maximum Gasteiger partial charge on any atom is 0.323 e. The number of fused-ring (bicyclic) bond motifs is 1. The number of Topliss-reactive ketones (excluding diaryl/α,β-unsaturated/α-hetero) is 1. The molecule has 4 rings (SSSR count). The van der Waals surface area contributed by atoms with E-state index in [1.165, 1.54) is 49.4 Å². The molecule has 0 unspecified atom stereocenters. The van der Waals surface area contributed by atoms with Gasteiger partial charge >= 0.3 is 5.69 Å². The minimum atomic E-state index is -1.24. The average molecular weight is 499 g/mol. The summed E-state index contributed by atoms with van der Waals surface area (Å²) >= 11 is 0. The Balaban J connectivity index is 1.56. The van der Waals surface area contributed by atoms with Crippen molar-refractivity contribution in [2.75, 3.05) is 10.6 Å². The molecule has 1 atom stereocenters. The Morgan fingerprint density at radius 1 is 0.892 bits per heavy atom. The monoisotopic (exact) mass is 499 g/mol. The van der Waals surface area contributed by atoms with Crippen molar-refractivity contribution in [1.29, 1.82) is 5.53 Å². The first-order chi connectivity index (χ1) is 17.7. The van der Waals surface area contributed by atoms with E-state index >= 15 is 0 Å². The number of anilines is 2. The average Bonchev–Trinajstić information content (AvgIpc) is 3.23. The van der Waals surface area contributed by atoms with Crippen molar-refractivity contribution in [2.24, 2.45) is 10.8 Å². The molecule has 12 nitrogen and oxygen atoms in total. The molecule has 4 aromatic rings. The zero-order valence-electron chi connectivity index (χ0n) is 19.4. The van der Waals surface area contributed by atoms with Crippen LogP contribution in [0, 0.1) is 5.53 Å². The maximum absolute atomic E-state index is 13.0. The number of H-pyrrole nitrogens is 2. The third kappa shape index (κ3) is 5.32. The molecule has 0 aliphatic carbocycles. The van der Waals surface area contributed by atoms with Crippen molar-refractivity contribution < 1.29 is 19.2 Å². The van der Waals surface area contributed by atoms with Crippen molar-refractivity contribution in [3.8, 4) is 0 Å². The van der Waals surface area contributed by atoms with E-state index in [1.54, 1.807) is 18.2 Å². The second-order valence-electron chi connectivity index (χ2n) is 8.16. The van der Waals surface area contributed by atoms with Crippen molar-refractivity contribution in [3.63, 3.8) is 0 Å². The van der Waals surface area contributed by atoms with Gasteiger partial charge in [0.25, 0.3) is 5.91 Å². The lowest BCUT2D eigenvalue weighted by atomic mass is 9.92. The minimum Gasteiger partial charge on any atom is -0.366 e. The van der Waals surface area contributed by atoms with Crippen LogP contribution in [0.15, 0.2) is 70.6 Å². The van der Waals surface area contributed by atoms with Gasteiger partial charge in [0.1, 0.15) is 11.7 Å².